The fourth-order valence-corrected chi connectivity index (χ4v) is 5.58. The molecule has 1 fully saturated rings. The van der Waals surface area contributed by atoms with E-state index in [1.165, 1.54) is 29.8 Å². The van der Waals surface area contributed by atoms with Crippen molar-refractivity contribution in [3.05, 3.63) is 60.1 Å². The first-order valence-electron chi connectivity index (χ1n) is 13.4. The summed E-state index contributed by atoms with van der Waals surface area (Å²) >= 11 is 1.40. The topological polar surface area (TPSA) is 141 Å². The molecule has 5 aromatic rings. The number of nitrogens with one attached hydrogen (secondary N) is 1. The smallest absolute Gasteiger partial charge is 0.412 e. The second kappa shape index (κ2) is 11.8. The lowest BCUT2D eigenvalue weighted by Crippen LogP contribution is -2.45. The van der Waals surface area contributed by atoms with Gasteiger partial charge in [-0.15, -0.1) is 11.3 Å². The van der Waals surface area contributed by atoms with E-state index in [-0.39, 0.29) is 12.4 Å². The van der Waals surface area contributed by atoms with Gasteiger partial charge in [0.05, 0.1) is 52.6 Å². The number of methoxy groups -OCH3 is 1. The largest absolute Gasteiger partial charge is 0.483 e. The van der Waals surface area contributed by atoms with Crippen LogP contribution in [0.3, 0.4) is 0 Å². The maximum absolute atomic E-state index is 15.1. The van der Waals surface area contributed by atoms with Crippen molar-refractivity contribution in [2.24, 2.45) is 0 Å². The molecule has 1 amide bonds. The number of halogens is 1. The minimum Gasteiger partial charge on any atom is -0.483 e. The Hall–Kier alpha value is -4.49. The Bertz CT molecular complexity index is 1770. The molecular weight excluding hydrogens is 563 g/mol. The number of hydrogen-bond acceptors (Lipinski definition) is 11. The van der Waals surface area contributed by atoms with Gasteiger partial charge < -0.3 is 19.3 Å². The van der Waals surface area contributed by atoms with Crippen LogP contribution in [0.4, 0.5) is 14.9 Å². The zero-order valence-corrected chi connectivity index (χ0v) is 23.7. The molecule has 1 aliphatic rings. The molecule has 0 unspecified atom stereocenters. The summed E-state index contributed by atoms with van der Waals surface area (Å²) in [6, 6.07) is 6.88. The van der Waals surface area contributed by atoms with E-state index in [0.29, 0.717) is 64.6 Å². The lowest BCUT2D eigenvalue weighted by molar-refractivity contribution is -0.0431. The number of aliphatic hydroxyl groups excluding tert-OH is 1. The van der Waals surface area contributed by atoms with Gasteiger partial charge in [-0.1, -0.05) is 0 Å². The summed E-state index contributed by atoms with van der Waals surface area (Å²) in [5, 5.41) is 12.2. The Balaban J connectivity index is 1.15. The first kappa shape index (κ1) is 27.7. The zero-order chi connectivity index (χ0) is 29.2. The third kappa shape index (κ3) is 5.78. The number of aromatic nitrogens is 5. The number of rotatable bonds is 9. The number of anilines is 1. The number of carbonyl (C=O) groups is 1. The third-order valence-electron chi connectivity index (χ3n) is 6.85. The summed E-state index contributed by atoms with van der Waals surface area (Å²) < 4.78 is 32.5. The Morgan fingerprint density at radius 1 is 1.07 bits per heavy atom. The van der Waals surface area contributed by atoms with Crippen molar-refractivity contribution in [3.8, 4) is 22.2 Å². The predicted octanol–water partition coefficient (Wildman–Crippen LogP) is 5.24. The fraction of sp³-hybridized carbons (Fsp3) is 0.310. The van der Waals surface area contributed by atoms with Crippen LogP contribution < -0.4 is 14.8 Å². The number of hydrogen-bond donors (Lipinski definition) is 2. The predicted molar refractivity (Wildman–Crippen MR) is 154 cm³/mol. The standard InChI is InChI=1S/C29H27FN6O5S/c1-15-8-17(27-20(9-15)35-26(39-2)14-33-27)28-36-19-10-18(30)23(11-24(19)42-28)40-21-5-6-22(21)41-29(38)34-16-12-31-25(32-13-16)4-3-7-37/h8-14,21-22,37H,3-7H2,1-2H3,(H,34,38)/t21-,22+/m1/s1. The van der Waals surface area contributed by atoms with Crippen molar-refractivity contribution in [2.45, 2.75) is 44.8 Å². The molecule has 216 valence electrons. The number of amides is 1. The molecule has 2 aromatic carbocycles. The number of benzene rings is 2. The fourth-order valence-electron chi connectivity index (χ4n) is 4.59. The summed E-state index contributed by atoms with van der Waals surface area (Å²) in [5.41, 5.74) is 4.02. The molecule has 2 N–H and O–H groups in total. The van der Waals surface area contributed by atoms with Crippen LogP contribution in [0.15, 0.2) is 42.9 Å². The molecule has 0 bridgehead atoms. The van der Waals surface area contributed by atoms with Gasteiger partial charge in [0.2, 0.25) is 5.88 Å². The maximum atomic E-state index is 15.1. The van der Waals surface area contributed by atoms with Crippen LogP contribution in [0.1, 0.15) is 30.7 Å². The number of ether oxygens (including phenoxy) is 3. The molecule has 6 rings (SSSR count). The van der Waals surface area contributed by atoms with Crippen molar-refractivity contribution in [1.82, 2.24) is 24.9 Å². The van der Waals surface area contributed by atoms with Crippen molar-refractivity contribution in [3.63, 3.8) is 0 Å². The van der Waals surface area contributed by atoms with E-state index < -0.39 is 24.1 Å². The Labute approximate surface area is 243 Å². The van der Waals surface area contributed by atoms with E-state index in [0.717, 1.165) is 15.8 Å². The van der Waals surface area contributed by atoms with Gasteiger partial charge in [0, 0.05) is 30.7 Å². The minimum atomic E-state index is -0.672. The van der Waals surface area contributed by atoms with Gasteiger partial charge >= 0.3 is 6.09 Å². The number of fused-ring (bicyclic) bond motifs is 2. The molecule has 11 nitrogen and oxygen atoms in total. The lowest BCUT2D eigenvalue weighted by atomic mass is 9.92. The summed E-state index contributed by atoms with van der Waals surface area (Å²) in [6.45, 7) is 2.02. The molecule has 0 saturated heterocycles. The molecule has 0 radical (unpaired) electrons. The third-order valence-corrected chi connectivity index (χ3v) is 7.90. The Kier molecular flexibility index (Phi) is 7.76. The van der Waals surface area contributed by atoms with Crippen LogP contribution in [0.25, 0.3) is 31.8 Å². The van der Waals surface area contributed by atoms with Crippen LogP contribution in [0.2, 0.25) is 0 Å². The van der Waals surface area contributed by atoms with Gasteiger partial charge in [-0.2, -0.15) is 0 Å². The molecular formula is C29H27FN6O5S. The van der Waals surface area contributed by atoms with E-state index in [2.05, 4.69) is 30.2 Å². The monoisotopic (exact) mass is 590 g/mol. The van der Waals surface area contributed by atoms with Crippen LogP contribution in [-0.2, 0) is 11.2 Å². The first-order chi connectivity index (χ1) is 20.4. The molecule has 0 spiro atoms. The van der Waals surface area contributed by atoms with E-state index >= 15 is 4.39 Å². The van der Waals surface area contributed by atoms with Crippen molar-refractivity contribution in [1.29, 1.82) is 0 Å². The lowest BCUT2D eigenvalue weighted by Gasteiger charge is -2.35. The molecule has 3 heterocycles. The Morgan fingerprint density at radius 2 is 1.88 bits per heavy atom. The summed E-state index contributed by atoms with van der Waals surface area (Å²) in [7, 11) is 1.54. The van der Waals surface area contributed by atoms with Crippen LogP contribution in [-0.4, -0.2) is 62.0 Å². The highest BCUT2D eigenvalue weighted by Gasteiger charge is 2.37. The van der Waals surface area contributed by atoms with Crippen molar-refractivity contribution >= 4 is 44.4 Å². The maximum Gasteiger partial charge on any atom is 0.412 e. The number of nitrogens with zero attached hydrogens (tertiary/aromatic N) is 5. The van der Waals surface area contributed by atoms with Crippen molar-refractivity contribution in [2.75, 3.05) is 19.0 Å². The molecule has 3 aromatic heterocycles. The highest BCUT2D eigenvalue weighted by Crippen LogP contribution is 2.38. The van der Waals surface area contributed by atoms with E-state index in [4.69, 9.17) is 19.3 Å². The quantitative estimate of drug-likeness (QED) is 0.234. The van der Waals surface area contributed by atoms with Gasteiger partial charge in [0.15, 0.2) is 11.6 Å². The second-order valence-electron chi connectivity index (χ2n) is 9.88. The second-order valence-corrected chi connectivity index (χ2v) is 10.9. The number of aliphatic hydroxyl groups is 1. The van der Waals surface area contributed by atoms with Gasteiger partial charge in [-0.3, -0.25) is 5.32 Å². The van der Waals surface area contributed by atoms with Gasteiger partial charge in [0.1, 0.15) is 23.0 Å². The molecule has 2 atom stereocenters. The van der Waals surface area contributed by atoms with Crippen molar-refractivity contribution < 1.29 is 28.5 Å². The molecule has 1 aliphatic carbocycles. The van der Waals surface area contributed by atoms with E-state index in [1.807, 2.05) is 19.1 Å². The first-order valence-corrected chi connectivity index (χ1v) is 14.2. The van der Waals surface area contributed by atoms with E-state index in [1.54, 1.807) is 19.4 Å². The summed E-state index contributed by atoms with van der Waals surface area (Å²) in [5.74, 6) is 0.512. The van der Waals surface area contributed by atoms with Crippen LogP contribution >= 0.6 is 11.3 Å². The number of thiazole rings is 1. The summed E-state index contributed by atoms with van der Waals surface area (Å²) in [6.07, 6.45) is 5.13. The van der Waals surface area contributed by atoms with Gasteiger partial charge in [0.25, 0.3) is 0 Å². The van der Waals surface area contributed by atoms with Gasteiger partial charge in [-0.05, 0) is 43.9 Å². The Morgan fingerprint density at radius 3 is 2.62 bits per heavy atom. The molecule has 0 aliphatic heterocycles. The van der Waals surface area contributed by atoms with Gasteiger partial charge in [-0.25, -0.2) is 34.1 Å². The molecule has 13 heteroatoms. The average molecular weight is 591 g/mol. The minimum absolute atomic E-state index is 0.0557. The molecule has 42 heavy (non-hydrogen) atoms. The summed E-state index contributed by atoms with van der Waals surface area (Å²) in [4.78, 5) is 34.4. The van der Waals surface area contributed by atoms with Crippen LogP contribution in [0.5, 0.6) is 11.6 Å². The molecule has 1 saturated carbocycles. The normalized spacial score (nSPS) is 16.3. The van der Waals surface area contributed by atoms with Crippen LogP contribution in [0, 0.1) is 12.7 Å². The highest BCUT2D eigenvalue weighted by molar-refractivity contribution is 7.21. The number of carbonyl (C=O) groups excluding carboxylic acids is 1. The highest BCUT2D eigenvalue weighted by atomic mass is 32.1. The SMILES string of the molecule is COc1cnc2c(-c3nc4cc(F)c(O[C@@H]5CC[C@@H]5OC(=O)Nc5cnc(CCCO)nc5)cc4s3)cc(C)cc2n1. The number of aryl methyl sites for hydroxylation is 2. The zero-order valence-electron chi connectivity index (χ0n) is 22.8. The average Bonchev–Trinajstić information content (AvgIpc) is 3.39. The van der Waals surface area contributed by atoms with E-state index in [9.17, 15) is 4.79 Å².